The topological polar surface area (TPSA) is 57.8 Å². The second-order valence-corrected chi connectivity index (χ2v) is 4.84. The number of nitrogens with one attached hydrogen (secondary N) is 2. The van der Waals surface area contributed by atoms with E-state index in [4.69, 9.17) is 0 Å². The molecular weight excluding hydrogens is 262 g/mol. The van der Waals surface area contributed by atoms with Gasteiger partial charge < -0.3 is 10.3 Å². The largest absolute Gasteiger partial charge is 0.345 e. The molecule has 0 bridgehead atoms. The maximum atomic E-state index is 12.2. The van der Waals surface area contributed by atoms with Gasteiger partial charge in [0.05, 0.1) is 0 Å². The van der Waals surface area contributed by atoms with Gasteiger partial charge >= 0.3 is 0 Å². The van der Waals surface area contributed by atoms with Gasteiger partial charge in [0.15, 0.2) is 0 Å². The van der Waals surface area contributed by atoms with Crippen LogP contribution in [0.15, 0.2) is 60.9 Å². The minimum Gasteiger partial charge on any atom is -0.345 e. The summed E-state index contributed by atoms with van der Waals surface area (Å²) in [6.45, 7) is 1.97. The second-order valence-electron chi connectivity index (χ2n) is 4.84. The van der Waals surface area contributed by atoms with Crippen LogP contribution in [0.1, 0.15) is 15.9 Å². The van der Waals surface area contributed by atoms with Crippen molar-refractivity contribution in [2.45, 2.75) is 6.92 Å². The van der Waals surface area contributed by atoms with Crippen molar-refractivity contribution in [2.24, 2.45) is 0 Å². The molecule has 2 aromatic carbocycles. The zero-order valence-electron chi connectivity index (χ0n) is 11.6. The number of carbonyl (C=O) groups excluding carboxylic acids is 1. The molecule has 0 atom stereocenters. The molecule has 0 spiro atoms. The molecule has 104 valence electrons. The van der Waals surface area contributed by atoms with E-state index in [1.165, 1.54) is 0 Å². The number of aromatic amines is 1. The summed E-state index contributed by atoms with van der Waals surface area (Å²) in [5.41, 5.74) is 3.39. The summed E-state index contributed by atoms with van der Waals surface area (Å²) in [4.78, 5) is 19.5. The SMILES string of the molecule is Cc1cccc(C(=O)Nc2cccc(-c3ncc[nH]3)c2)c1. The number of benzene rings is 2. The molecule has 2 N–H and O–H groups in total. The quantitative estimate of drug-likeness (QED) is 0.768. The van der Waals surface area contributed by atoms with E-state index in [2.05, 4.69) is 15.3 Å². The van der Waals surface area contributed by atoms with Crippen molar-refractivity contribution in [1.82, 2.24) is 9.97 Å². The summed E-state index contributed by atoms with van der Waals surface area (Å²) < 4.78 is 0. The fourth-order valence-electron chi connectivity index (χ4n) is 2.16. The van der Waals surface area contributed by atoms with Crippen molar-refractivity contribution >= 4 is 11.6 Å². The Morgan fingerprint density at radius 2 is 2.00 bits per heavy atom. The first-order chi connectivity index (χ1) is 10.2. The number of nitrogens with zero attached hydrogens (tertiary/aromatic N) is 1. The summed E-state index contributed by atoms with van der Waals surface area (Å²) in [5.74, 6) is 0.664. The monoisotopic (exact) mass is 277 g/mol. The summed E-state index contributed by atoms with van der Waals surface area (Å²) in [6, 6.07) is 15.1. The van der Waals surface area contributed by atoms with Gasteiger partial charge in [0.25, 0.3) is 5.91 Å². The molecule has 3 rings (SSSR count). The molecule has 4 heteroatoms. The molecule has 21 heavy (non-hydrogen) atoms. The van der Waals surface area contributed by atoms with Gasteiger partial charge in [0.2, 0.25) is 0 Å². The van der Waals surface area contributed by atoms with Crippen molar-refractivity contribution in [2.75, 3.05) is 5.32 Å². The van der Waals surface area contributed by atoms with Crippen LogP contribution >= 0.6 is 0 Å². The van der Waals surface area contributed by atoms with Crippen molar-refractivity contribution in [3.05, 3.63) is 72.1 Å². The zero-order chi connectivity index (χ0) is 14.7. The molecule has 0 saturated carbocycles. The summed E-state index contributed by atoms with van der Waals surface area (Å²) in [7, 11) is 0. The molecule has 1 heterocycles. The van der Waals surface area contributed by atoms with Crippen LogP contribution in [0.25, 0.3) is 11.4 Å². The molecule has 4 nitrogen and oxygen atoms in total. The first-order valence-electron chi connectivity index (χ1n) is 6.70. The Balaban J connectivity index is 1.82. The van der Waals surface area contributed by atoms with E-state index in [-0.39, 0.29) is 5.91 Å². The lowest BCUT2D eigenvalue weighted by Crippen LogP contribution is -2.11. The third-order valence-corrected chi connectivity index (χ3v) is 3.17. The van der Waals surface area contributed by atoms with Gasteiger partial charge in [-0.15, -0.1) is 0 Å². The van der Waals surface area contributed by atoms with E-state index >= 15 is 0 Å². The molecule has 1 amide bonds. The fourth-order valence-corrected chi connectivity index (χ4v) is 2.16. The highest BCUT2D eigenvalue weighted by Crippen LogP contribution is 2.19. The molecule has 0 unspecified atom stereocenters. The standard InChI is InChI=1S/C17H15N3O/c1-12-4-2-6-14(10-12)17(21)20-15-7-3-5-13(11-15)16-18-8-9-19-16/h2-11H,1H3,(H,18,19)(H,20,21). The minimum atomic E-state index is -0.115. The lowest BCUT2D eigenvalue weighted by atomic mass is 10.1. The van der Waals surface area contributed by atoms with Crippen LogP contribution in [-0.4, -0.2) is 15.9 Å². The Hall–Kier alpha value is -2.88. The predicted octanol–water partition coefficient (Wildman–Crippen LogP) is 3.64. The van der Waals surface area contributed by atoms with E-state index in [0.717, 1.165) is 22.6 Å². The first-order valence-corrected chi connectivity index (χ1v) is 6.70. The Morgan fingerprint density at radius 1 is 1.14 bits per heavy atom. The first kappa shape index (κ1) is 13.1. The average molecular weight is 277 g/mol. The molecule has 0 saturated heterocycles. The summed E-state index contributed by atoms with van der Waals surface area (Å²) >= 11 is 0. The third-order valence-electron chi connectivity index (χ3n) is 3.17. The van der Waals surface area contributed by atoms with Crippen LogP contribution in [0.3, 0.4) is 0 Å². The lowest BCUT2D eigenvalue weighted by molar-refractivity contribution is 0.102. The normalized spacial score (nSPS) is 10.3. The molecule has 3 aromatic rings. The highest BCUT2D eigenvalue weighted by molar-refractivity contribution is 6.04. The predicted molar refractivity (Wildman–Crippen MR) is 83.2 cm³/mol. The number of anilines is 1. The van der Waals surface area contributed by atoms with E-state index < -0.39 is 0 Å². The van der Waals surface area contributed by atoms with E-state index in [1.54, 1.807) is 18.5 Å². The number of rotatable bonds is 3. The average Bonchev–Trinajstić information content (AvgIpc) is 3.02. The molecule has 0 aliphatic heterocycles. The number of hydrogen-bond donors (Lipinski definition) is 2. The van der Waals surface area contributed by atoms with E-state index in [9.17, 15) is 4.79 Å². The Kier molecular flexibility index (Phi) is 3.51. The number of aryl methyl sites for hydroxylation is 1. The number of aromatic nitrogens is 2. The highest BCUT2D eigenvalue weighted by Gasteiger charge is 2.07. The Labute approximate surface area is 122 Å². The van der Waals surface area contributed by atoms with Gasteiger partial charge in [-0.1, -0.05) is 29.8 Å². The van der Waals surface area contributed by atoms with E-state index in [1.807, 2.05) is 49.4 Å². The molecule has 0 aliphatic carbocycles. The lowest BCUT2D eigenvalue weighted by Gasteiger charge is -2.07. The van der Waals surface area contributed by atoms with Gasteiger partial charge in [-0.05, 0) is 31.2 Å². The van der Waals surface area contributed by atoms with Gasteiger partial charge in [-0.2, -0.15) is 0 Å². The van der Waals surface area contributed by atoms with Crippen molar-refractivity contribution in [3.8, 4) is 11.4 Å². The van der Waals surface area contributed by atoms with Crippen LogP contribution in [0, 0.1) is 6.92 Å². The second kappa shape index (κ2) is 5.63. The Morgan fingerprint density at radius 3 is 2.76 bits per heavy atom. The summed E-state index contributed by atoms with van der Waals surface area (Å²) in [6.07, 6.45) is 3.47. The van der Waals surface area contributed by atoms with Crippen LogP contribution in [-0.2, 0) is 0 Å². The van der Waals surface area contributed by atoms with Crippen molar-refractivity contribution < 1.29 is 4.79 Å². The van der Waals surface area contributed by atoms with Crippen LogP contribution in [0.5, 0.6) is 0 Å². The van der Waals surface area contributed by atoms with Gasteiger partial charge in [0.1, 0.15) is 5.82 Å². The highest BCUT2D eigenvalue weighted by atomic mass is 16.1. The van der Waals surface area contributed by atoms with Crippen LogP contribution < -0.4 is 5.32 Å². The summed E-state index contributed by atoms with van der Waals surface area (Å²) in [5, 5.41) is 2.91. The minimum absolute atomic E-state index is 0.115. The molecule has 0 radical (unpaired) electrons. The smallest absolute Gasteiger partial charge is 0.255 e. The zero-order valence-corrected chi connectivity index (χ0v) is 11.6. The fraction of sp³-hybridized carbons (Fsp3) is 0.0588. The molecular formula is C17H15N3O. The maximum Gasteiger partial charge on any atom is 0.255 e. The third kappa shape index (κ3) is 3.00. The number of imidazole rings is 1. The molecule has 0 fully saturated rings. The number of hydrogen-bond acceptors (Lipinski definition) is 2. The van der Waals surface area contributed by atoms with Gasteiger partial charge in [-0.25, -0.2) is 4.98 Å². The maximum absolute atomic E-state index is 12.2. The van der Waals surface area contributed by atoms with Crippen LogP contribution in [0.2, 0.25) is 0 Å². The van der Waals surface area contributed by atoms with Crippen molar-refractivity contribution in [1.29, 1.82) is 0 Å². The number of H-pyrrole nitrogens is 1. The number of amides is 1. The Bertz CT molecular complexity index is 763. The van der Waals surface area contributed by atoms with Crippen molar-refractivity contribution in [3.63, 3.8) is 0 Å². The van der Waals surface area contributed by atoms with Crippen LogP contribution in [0.4, 0.5) is 5.69 Å². The molecule has 1 aromatic heterocycles. The van der Waals surface area contributed by atoms with E-state index in [0.29, 0.717) is 5.56 Å². The van der Waals surface area contributed by atoms with Gasteiger partial charge in [0, 0.05) is 29.2 Å². The molecule has 0 aliphatic rings. The number of carbonyl (C=O) groups is 1. The van der Waals surface area contributed by atoms with Gasteiger partial charge in [-0.3, -0.25) is 4.79 Å².